The number of carbonyl (C=O) groups excluding carboxylic acids is 2. The van der Waals surface area contributed by atoms with Crippen molar-refractivity contribution in [3.63, 3.8) is 0 Å². The number of piperazine rings is 1. The Kier molecular flexibility index (Phi) is 10.6. The Morgan fingerprint density at radius 2 is 1.65 bits per heavy atom. The maximum Gasteiger partial charge on any atom is 0.320 e. The summed E-state index contributed by atoms with van der Waals surface area (Å²) < 4.78 is 6.02. The Morgan fingerprint density at radius 1 is 0.941 bits per heavy atom. The normalized spacial score (nSPS) is 13.5. The first kappa shape index (κ1) is 26.9. The number of rotatable bonds is 6. The van der Waals surface area contributed by atoms with Gasteiger partial charge in [-0.15, -0.1) is 24.8 Å². The maximum absolute atomic E-state index is 12.8. The summed E-state index contributed by atoms with van der Waals surface area (Å²) in [6.45, 7) is 2.77. The van der Waals surface area contributed by atoms with E-state index >= 15 is 0 Å². The third-order valence-corrected chi connectivity index (χ3v) is 5.05. The van der Waals surface area contributed by atoms with Crippen molar-refractivity contribution >= 4 is 42.4 Å². The van der Waals surface area contributed by atoms with Crippen molar-refractivity contribution in [1.82, 2.24) is 20.5 Å². The van der Waals surface area contributed by atoms with Gasteiger partial charge in [0.15, 0.2) is 6.23 Å². The zero-order chi connectivity index (χ0) is 22.2. The molecule has 2 heterocycles. The molecule has 2 aromatic carbocycles. The van der Waals surface area contributed by atoms with Gasteiger partial charge in [0.05, 0.1) is 6.20 Å². The molecule has 180 valence electrons. The van der Waals surface area contributed by atoms with Crippen LogP contribution in [0.3, 0.4) is 0 Å². The molecule has 1 atom stereocenters. The number of ether oxygens (including phenoxy) is 1. The van der Waals surface area contributed by atoms with E-state index in [0.717, 1.165) is 18.8 Å². The molecule has 1 aliphatic rings. The standard InChI is InChI=1S/C24H25N5O3.2ClH/c30-22(27-20-5-2-1-3-6-20)18-8-10-19(11-9-18)23(32-21-7-4-12-26-17-21)28-24(31)29-15-13-25-14-16-29;;/h1-12,17,23,25H,13-16H2,(H,27,30)(H,28,31);2*1H. The number of urea groups is 1. The molecule has 1 unspecified atom stereocenters. The molecule has 3 N–H and O–H groups in total. The second-order valence-corrected chi connectivity index (χ2v) is 7.32. The topological polar surface area (TPSA) is 95.6 Å². The van der Waals surface area contributed by atoms with Gasteiger partial charge in [-0.25, -0.2) is 4.79 Å². The highest BCUT2D eigenvalue weighted by Gasteiger charge is 2.22. The van der Waals surface area contributed by atoms with Crippen LogP contribution in [0.15, 0.2) is 79.1 Å². The predicted molar refractivity (Wildman–Crippen MR) is 136 cm³/mol. The Hall–Kier alpha value is -3.33. The van der Waals surface area contributed by atoms with Crippen LogP contribution in [0, 0.1) is 0 Å². The first-order chi connectivity index (χ1) is 15.7. The van der Waals surface area contributed by atoms with Crippen LogP contribution in [0.1, 0.15) is 22.1 Å². The number of halogens is 2. The average Bonchev–Trinajstić information content (AvgIpc) is 2.85. The molecule has 4 rings (SSSR count). The van der Waals surface area contributed by atoms with Crippen molar-refractivity contribution in [2.45, 2.75) is 6.23 Å². The van der Waals surface area contributed by atoms with Crippen molar-refractivity contribution in [2.24, 2.45) is 0 Å². The number of carbonyl (C=O) groups is 2. The van der Waals surface area contributed by atoms with Crippen molar-refractivity contribution in [2.75, 3.05) is 31.5 Å². The van der Waals surface area contributed by atoms with Crippen LogP contribution in [0.25, 0.3) is 0 Å². The molecule has 0 radical (unpaired) electrons. The molecule has 1 fully saturated rings. The minimum atomic E-state index is -0.729. The Balaban J connectivity index is 0.00000204. The Labute approximate surface area is 210 Å². The van der Waals surface area contributed by atoms with Crippen LogP contribution in [0.4, 0.5) is 10.5 Å². The van der Waals surface area contributed by atoms with E-state index in [-0.39, 0.29) is 36.8 Å². The lowest BCUT2D eigenvalue weighted by molar-refractivity contribution is 0.102. The fraction of sp³-hybridized carbons (Fsp3) is 0.208. The lowest BCUT2D eigenvalue weighted by Gasteiger charge is -2.30. The van der Waals surface area contributed by atoms with Crippen LogP contribution < -0.4 is 20.7 Å². The Morgan fingerprint density at radius 3 is 2.29 bits per heavy atom. The van der Waals surface area contributed by atoms with Gasteiger partial charge in [0, 0.05) is 49.2 Å². The van der Waals surface area contributed by atoms with E-state index < -0.39 is 6.23 Å². The van der Waals surface area contributed by atoms with Gasteiger partial charge in [-0.3, -0.25) is 15.1 Å². The summed E-state index contributed by atoms with van der Waals surface area (Å²) in [5, 5.41) is 9.04. The molecule has 0 bridgehead atoms. The molecular weight excluding hydrogens is 477 g/mol. The summed E-state index contributed by atoms with van der Waals surface area (Å²) in [6, 6.07) is 19.6. The molecule has 3 amide bonds. The van der Waals surface area contributed by atoms with Gasteiger partial charge in [0.25, 0.3) is 5.91 Å². The summed E-state index contributed by atoms with van der Waals surface area (Å²) in [5.74, 6) is 0.321. The van der Waals surface area contributed by atoms with Crippen molar-refractivity contribution < 1.29 is 14.3 Å². The van der Waals surface area contributed by atoms with Gasteiger partial charge in [0.2, 0.25) is 0 Å². The number of anilines is 1. The first-order valence-corrected chi connectivity index (χ1v) is 10.5. The van der Waals surface area contributed by atoms with Crippen LogP contribution in [0.2, 0.25) is 0 Å². The largest absolute Gasteiger partial charge is 0.465 e. The SMILES string of the molecule is Cl.Cl.O=C(Nc1ccccc1)c1ccc(C(NC(=O)N2CCNCC2)Oc2cccnc2)cc1. The van der Waals surface area contributed by atoms with Crippen molar-refractivity contribution in [1.29, 1.82) is 0 Å². The number of para-hydroxylation sites is 1. The molecule has 1 aliphatic heterocycles. The van der Waals surface area contributed by atoms with Gasteiger partial charge in [-0.05, 0) is 36.4 Å². The smallest absolute Gasteiger partial charge is 0.320 e. The van der Waals surface area contributed by atoms with Crippen LogP contribution in [-0.4, -0.2) is 48.0 Å². The number of benzene rings is 2. The zero-order valence-corrected chi connectivity index (χ0v) is 20.0. The molecule has 8 nitrogen and oxygen atoms in total. The summed E-state index contributed by atoms with van der Waals surface area (Å²) in [4.78, 5) is 31.1. The number of amides is 3. The molecule has 0 spiro atoms. The molecular formula is C24H27Cl2N5O3. The number of aromatic nitrogens is 1. The van der Waals surface area contributed by atoms with Crippen LogP contribution in [-0.2, 0) is 0 Å². The maximum atomic E-state index is 12.8. The highest BCUT2D eigenvalue weighted by molar-refractivity contribution is 6.04. The quantitative estimate of drug-likeness (QED) is 0.443. The minimum Gasteiger partial charge on any atom is -0.465 e. The minimum absolute atomic E-state index is 0. The van der Waals surface area contributed by atoms with E-state index in [2.05, 4.69) is 20.9 Å². The lowest BCUT2D eigenvalue weighted by Crippen LogP contribution is -2.51. The molecule has 0 saturated carbocycles. The molecule has 1 saturated heterocycles. The highest BCUT2D eigenvalue weighted by atomic mass is 35.5. The fourth-order valence-corrected chi connectivity index (χ4v) is 3.34. The van der Waals surface area contributed by atoms with Gasteiger partial charge in [0.1, 0.15) is 5.75 Å². The van der Waals surface area contributed by atoms with Gasteiger partial charge >= 0.3 is 6.03 Å². The Bertz CT molecular complexity index is 1030. The van der Waals surface area contributed by atoms with Crippen molar-refractivity contribution in [3.8, 4) is 5.75 Å². The third-order valence-electron chi connectivity index (χ3n) is 5.05. The van der Waals surface area contributed by atoms with Crippen molar-refractivity contribution in [3.05, 3.63) is 90.3 Å². The van der Waals surface area contributed by atoms with E-state index in [1.807, 2.05) is 30.3 Å². The van der Waals surface area contributed by atoms with Crippen LogP contribution in [0.5, 0.6) is 5.75 Å². The monoisotopic (exact) mass is 503 g/mol. The second kappa shape index (κ2) is 13.4. The van der Waals surface area contributed by atoms with Gasteiger partial charge in [-0.2, -0.15) is 0 Å². The number of hydrogen-bond donors (Lipinski definition) is 3. The predicted octanol–water partition coefficient (Wildman–Crippen LogP) is 3.87. The summed E-state index contributed by atoms with van der Waals surface area (Å²) >= 11 is 0. The molecule has 10 heteroatoms. The van der Waals surface area contributed by atoms with Gasteiger partial charge in [-0.1, -0.05) is 30.3 Å². The van der Waals surface area contributed by atoms with E-state index in [4.69, 9.17) is 4.74 Å². The summed E-state index contributed by atoms with van der Waals surface area (Å²) in [5.41, 5.74) is 1.95. The van der Waals surface area contributed by atoms with Crippen LogP contribution >= 0.6 is 24.8 Å². The number of pyridine rings is 1. The van der Waals surface area contributed by atoms with Gasteiger partial charge < -0.3 is 20.3 Å². The molecule has 3 aromatic rings. The second-order valence-electron chi connectivity index (χ2n) is 7.32. The van der Waals surface area contributed by atoms with E-state index in [0.29, 0.717) is 30.0 Å². The number of hydrogen-bond acceptors (Lipinski definition) is 5. The summed E-state index contributed by atoms with van der Waals surface area (Å²) in [6.07, 6.45) is 2.51. The molecule has 0 aliphatic carbocycles. The first-order valence-electron chi connectivity index (χ1n) is 10.5. The van der Waals surface area contributed by atoms with E-state index in [1.165, 1.54) is 0 Å². The third kappa shape index (κ3) is 7.34. The molecule has 1 aromatic heterocycles. The van der Waals surface area contributed by atoms with E-state index in [9.17, 15) is 9.59 Å². The number of nitrogens with one attached hydrogen (secondary N) is 3. The van der Waals surface area contributed by atoms with E-state index in [1.54, 1.807) is 53.7 Å². The molecule has 34 heavy (non-hydrogen) atoms. The fourth-order valence-electron chi connectivity index (χ4n) is 3.34. The highest BCUT2D eigenvalue weighted by Crippen LogP contribution is 2.21. The number of nitrogens with zero attached hydrogens (tertiary/aromatic N) is 2. The zero-order valence-electron chi connectivity index (χ0n) is 18.3. The summed E-state index contributed by atoms with van der Waals surface area (Å²) in [7, 11) is 0. The average molecular weight is 504 g/mol. The lowest BCUT2D eigenvalue weighted by atomic mass is 10.1.